The Hall–Kier alpha value is -1.77. The molecule has 1 N–H and O–H groups in total. The van der Waals surface area contributed by atoms with Crippen molar-refractivity contribution < 1.29 is 35.7 Å². The van der Waals surface area contributed by atoms with Gasteiger partial charge in [-0.15, -0.1) is 0 Å². The molecule has 0 aliphatic carbocycles. The highest BCUT2D eigenvalue weighted by Gasteiger charge is 2.44. The Labute approximate surface area is 113 Å². The Morgan fingerprint density at radius 1 is 1.20 bits per heavy atom. The van der Waals surface area contributed by atoms with Crippen LogP contribution in [-0.4, -0.2) is 25.7 Å². The summed E-state index contributed by atoms with van der Waals surface area (Å²) in [7, 11) is -4.97. The standard InChI is InChI=1S/C11H11F3O5S/c1-5-4-6(2)9(7(3)8(5)15)20(17,18)19-10(16)11(12,13)14/h4,15H,1-3H3. The van der Waals surface area contributed by atoms with Crippen LogP contribution in [0, 0.1) is 20.8 Å². The van der Waals surface area contributed by atoms with Gasteiger partial charge in [-0.25, -0.2) is 4.79 Å². The summed E-state index contributed by atoms with van der Waals surface area (Å²) < 4.78 is 63.2. The molecule has 0 atom stereocenters. The lowest BCUT2D eigenvalue weighted by Gasteiger charge is -2.14. The van der Waals surface area contributed by atoms with Crippen molar-refractivity contribution in [1.29, 1.82) is 0 Å². The highest BCUT2D eigenvalue weighted by Crippen LogP contribution is 2.32. The predicted octanol–water partition coefficient (Wildman–Crippen LogP) is 2.11. The zero-order chi connectivity index (χ0) is 15.9. The summed E-state index contributed by atoms with van der Waals surface area (Å²) in [5.41, 5.74) is 0.228. The maximum absolute atomic E-state index is 12.1. The van der Waals surface area contributed by atoms with Gasteiger partial charge in [0.1, 0.15) is 10.6 Å². The molecule has 5 nitrogen and oxygen atoms in total. The number of halogens is 3. The number of hydrogen-bond acceptors (Lipinski definition) is 5. The van der Waals surface area contributed by atoms with Crippen LogP contribution in [-0.2, 0) is 19.1 Å². The van der Waals surface area contributed by atoms with E-state index in [9.17, 15) is 31.5 Å². The van der Waals surface area contributed by atoms with Crippen LogP contribution in [0.5, 0.6) is 5.75 Å². The molecule has 1 aromatic rings. The average Bonchev–Trinajstić information content (AvgIpc) is 2.23. The maximum atomic E-state index is 12.1. The lowest BCUT2D eigenvalue weighted by Crippen LogP contribution is -2.28. The first-order chi connectivity index (χ1) is 8.88. The highest BCUT2D eigenvalue weighted by atomic mass is 32.2. The summed E-state index contributed by atoms with van der Waals surface area (Å²) in [4.78, 5) is 9.98. The monoisotopic (exact) mass is 312 g/mol. The fourth-order valence-corrected chi connectivity index (χ4v) is 3.03. The molecular weight excluding hydrogens is 301 g/mol. The van der Waals surface area contributed by atoms with E-state index in [1.807, 2.05) is 0 Å². The summed E-state index contributed by atoms with van der Waals surface area (Å²) in [5.74, 6) is -3.23. The smallest absolute Gasteiger partial charge is 0.492 e. The van der Waals surface area contributed by atoms with E-state index < -0.39 is 32.9 Å². The van der Waals surface area contributed by atoms with Gasteiger partial charge >= 0.3 is 22.3 Å². The lowest BCUT2D eigenvalue weighted by molar-refractivity contribution is -0.189. The molecule has 0 saturated heterocycles. The highest BCUT2D eigenvalue weighted by molar-refractivity contribution is 7.87. The van der Waals surface area contributed by atoms with Gasteiger partial charge in [0.25, 0.3) is 0 Å². The molecule has 0 heterocycles. The second-order valence-electron chi connectivity index (χ2n) is 4.14. The zero-order valence-corrected chi connectivity index (χ0v) is 11.5. The van der Waals surface area contributed by atoms with Gasteiger partial charge < -0.3 is 9.29 Å². The third-order valence-corrected chi connectivity index (χ3v) is 4.03. The molecule has 0 saturated carbocycles. The molecule has 0 unspecified atom stereocenters. The molecular formula is C11H11F3O5S. The first-order valence-electron chi connectivity index (χ1n) is 5.23. The van der Waals surface area contributed by atoms with Gasteiger partial charge in [-0.05, 0) is 31.9 Å². The quantitative estimate of drug-likeness (QED) is 0.846. The molecule has 0 aliphatic heterocycles. The molecule has 0 aromatic heterocycles. The molecule has 112 valence electrons. The number of carbonyl (C=O) groups excluding carboxylic acids is 1. The van der Waals surface area contributed by atoms with E-state index in [0.29, 0.717) is 5.56 Å². The fraction of sp³-hybridized carbons (Fsp3) is 0.364. The number of benzene rings is 1. The van der Waals surface area contributed by atoms with Crippen molar-refractivity contribution in [2.24, 2.45) is 0 Å². The SMILES string of the molecule is Cc1cc(C)c(S(=O)(=O)OC(=O)C(F)(F)F)c(C)c1O. The minimum Gasteiger partial charge on any atom is -0.507 e. The van der Waals surface area contributed by atoms with Crippen LogP contribution in [0.2, 0.25) is 0 Å². The van der Waals surface area contributed by atoms with Gasteiger partial charge in [-0.3, -0.25) is 0 Å². The van der Waals surface area contributed by atoms with Crippen LogP contribution in [0.15, 0.2) is 11.0 Å². The van der Waals surface area contributed by atoms with Crippen molar-refractivity contribution in [1.82, 2.24) is 0 Å². The second kappa shape index (κ2) is 4.97. The fourth-order valence-electron chi connectivity index (χ4n) is 1.73. The van der Waals surface area contributed by atoms with E-state index in [1.165, 1.54) is 26.8 Å². The summed E-state index contributed by atoms with van der Waals surface area (Å²) in [6.07, 6.45) is -5.43. The molecule has 0 radical (unpaired) electrons. The van der Waals surface area contributed by atoms with E-state index in [2.05, 4.69) is 4.18 Å². The maximum Gasteiger partial charge on any atom is 0.492 e. The predicted molar refractivity (Wildman–Crippen MR) is 61.7 cm³/mol. The molecule has 0 fully saturated rings. The van der Waals surface area contributed by atoms with Crippen molar-refractivity contribution in [3.63, 3.8) is 0 Å². The van der Waals surface area contributed by atoms with Crippen LogP contribution in [0.4, 0.5) is 13.2 Å². The van der Waals surface area contributed by atoms with Gasteiger partial charge in [0.2, 0.25) is 0 Å². The van der Waals surface area contributed by atoms with Crippen molar-refractivity contribution in [2.75, 3.05) is 0 Å². The van der Waals surface area contributed by atoms with Gasteiger partial charge in [-0.1, -0.05) is 6.07 Å². The minimum atomic E-state index is -5.43. The normalized spacial score (nSPS) is 12.3. The molecule has 1 aromatic carbocycles. The van der Waals surface area contributed by atoms with E-state index in [4.69, 9.17) is 0 Å². The van der Waals surface area contributed by atoms with E-state index in [-0.39, 0.29) is 11.1 Å². The molecule has 0 amide bonds. The molecule has 20 heavy (non-hydrogen) atoms. The van der Waals surface area contributed by atoms with Crippen LogP contribution >= 0.6 is 0 Å². The summed E-state index contributed by atoms with van der Waals surface area (Å²) in [6.45, 7) is 4.00. The van der Waals surface area contributed by atoms with Gasteiger partial charge in [0, 0.05) is 5.56 Å². The van der Waals surface area contributed by atoms with Gasteiger partial charge in [0.15, 0.2) is 0 Å². The summed E-state index contributed by atoms with van der Waals surface area (Å²) in [5, 5.41) is 9.64. The topological polar surface area (TPSA) is 80.7 Å². The number of aromatic hydroxyl groups is 1. The van der Waals surface area contributed by atoms with Crippen LogP contribution in [0.1, 0.15) is 16.7 Å². The van der Waals surface area contributed by atoms with Crippen molar-refractivity contribution >= 4 is 16.1 Å². The number of phenols is 1. The van der Waals surface area contributed by atoms with Crippen LogP contribution in [0.3, 0.4) is 0 Å². The Bertz CT molecular complexity index is 662. The Balaban J connectivity index is 3.38. The van der Waals surface area contributed by atoms with Gasteiger partial charge in [0.05, 0.1) is 0 Å². The first kappa shape index (κ1) is 16.3. The third-order valence-electron chi connectivity index (χ3n) is 2.53. The minimum absolute atomic E-state index is 0.0628. The van der Waals surface area contributed by atoms with Crippen LogP contribution < -0.4 is 0 Å². The molecule has 0 spiro atoms. The summed E-state index contributed by atoms with van der Waals surface area (Å²) >= 11 is 0. The van der Waals surface area contributed by atoms with Crippen LogP contribution in [0.25, 0.3) is 0 Å². The molecule has 1 rings (SSSR count). The van der Waals surface area contributed by atoms with E-state index >= 15 is 0 Å². The van der Waals surface area contributed by atoms with Crippen molar-refractivity contribution in [2.45, 2.75) is 31.8 Å². The average molecular weight is 312 g/mol. The first-order valence-corrected chi connectivity index (χ1v) is 6.64. The number of aryl methyl sites for hydroxylation is 2. The number of rotatable bonds is 2. The van der Waals surface area contributed by atoms with E-state index in [0.717, 1.165) is 0 Å². The lowest BCUT2D eigenvalue weighted by atomic mass is 10.1. The molecule has 0 aliphatic rings. The molecule has 9 heteroatoms. The third kappa shape index (κ3) is 3.03. The largest absolute Gasteiger partial charge is 0.507 e. The number of alkyl halides is 3. The zero-order valence-electron chi connectivity index (χ0n) is 10.7. The van der Waals surface area contributed by atoms with E-state index in [1.54, 1.807) is 0 Å². The number of phenolic OH excluding ortho intramolecular Hbond substituents is 1. The Morgan fingerprint density at radius 3 is 2.15 bits per heavy atom. The van der Waals surface area contributed by atoms with Gasteiger partial charge in [-0.2, -0.15) is 21.6 Å². The van der Waals surface area contributed by atoms with Crippen molar-refractivity contribution in [3.05, 3.63) is 22.8 Å². The van der Waals surface area contributed by atoms with Crippen molar-refractivity contribution in [3.8, 4) is 5.75 Å². The molecule has 0 bridgehead atoms. The Morgan fingerprint density at radius 2 is 1.70 bits per heavy atom. The Kier molecular flexibility index (Phi) is 4.04. The second-order valence-corrected chi connectivity index (χ2v) is 5.62. The number of carbonyl (C=O) groups is 1. The number of hydrogen-bond donors (Lipinski definition) is 1. The summed E-state index contributed by atoms with van der Waals surface area (Å²) in [6, 6.07) is 1.26.